The number of rotatable bonds is 7. The van der Waals surface area contributed by atoms with Gasteiger partial charge in [-0.3, -0.25) is 4.90 Å². The monoisotopic (exact) mass is 529 g/mol. The Morgan fingerprint density at radius 2 is 1.70 bits per heavy atom. The number of aliphatic imine (C=N–C) groups is 1. The average Bonchev–Trinajstić information content (AvgIpc) is 2.74. The van der Waals surface area contributed by atoms with Gasteiger partial charge >= 0.3 is 0 Å². The third kappa shape index (κ3) is 8.32. The van der Waals surface area contributed by atoms with Crippen LogP contribution in [0.3, 0.4) is 0 Å². The largest absolute Gasteiger partial charge is 0.379 e. The van der Waals surface area contributed by atoms with Crippen molar-refractivity contribution in [3.8, 4) is 0 Å². The number of benzene rings is 1. The quantitative estimate of drug-likeness (QED) is 0.323. The summed E-state index contributed by atoms with van der Waals surface area (Å²) in [5.74, 6) is 0.938. The van der Waals surface area contributed by atoms with Gasteiger partial charge in [0.25, 0.3) is 0 Å². The second kappa shape index (κ2) is 13.5. The summed E-state index contributed by atoms with van der Waals surface area (Å²) in [5, 5.41) is 7.05. The number of likely N-dealkylation sites (tertiary alicyclic amines) is 1. The Hall–Kier alpha value is -0.900. The first-order chi connectivity index (χ1) is 14.1. The third-order valence-corrected chi connectivity index (χ3v) is 5.90. The summed E-state index contributed by atoms with van der Waals surface area (Å²) in [6.45, 7) is 15.4. The van der Waals surface area contributed by atoms with Gasteiger partial charge in [-0.15, -0.1) is 24.0 Å². The molecule has 3 rings (SSSR count). The zero-order valence-electron chi connectivity index (χ0n) is 18.9. The first-order valence-corrected chi connectivity index (χ1v) is 11.3. The highest BCUT2D eigenvalue weighted by molar-refractivity contribution is 14.0. The molecule has 2 aliphatic rings. The molecule has 30 heavy (non-hydrogen) atoms. The van der Waals surface area contributed by atoms with Gasteiger partial charge in [-0.1, -0.05) is 24.3 Å². The van der Waals surface area contributed by atoms with E-state index in [1.165, 1.54) is 37.1 Å². The molecule has 2 N–H and O–H groups in total. The van der Waals surface area contributed by atoms with Crippen molar-refractivity contribution >= 4 is 29.9 Å². The van der Waals surface area contributed by atoms with Crippen LogP contribution >= 0.6 is 24.0 Å². The van der Waals surface area contributed by atoms with E-state index in [1.807, 2.05) is 0 Å². The topological polar surface area (TPSA) is 52.1 Å². The minimum Gasteiger partial charge on any atom is -0.379 e. The van der Waals surface area contributed by atoms with Gasteiger partial charge in [0.1, 0.15) is 0 Å². The third-order valence-electron chi connectivity index (χ3n) is 5.90. The molecule has 2 aliphatic heterocycles. The van der Waals surface area contributed by atoms with Crippen LogP contribution in [0.25, 0.3) is 0 Å². The number of halogens is 1. The summed E-state index contributed by atoms with van der Waals surface area (Å²) in [6, 6.07) is 10.1. The number of hydrogen-bond donors (Lipinski definition) is 2. The fourth-order valence-corrected chi connectivity index (χ4v) is 4.01. The van der Waals surface area contributed by atoms with E-state index in [2.05, 4.69) is 65.5 Å². The van der Waals surface area contributed by atoms with E-state index in [1.54, 1.807) is 0 Å². The van der Waals surface area contributed by atoms with Gasteiger partial charge < -0.3 is 20.3 Å². The van der Waals surface area contributed by atoms with Crippen LogP contribution in [0.1, 0.15) is 44.7 Å². The van der Waals surface area contributed by atoms with E-state index in [9.17, 15) is 0 Å². The van der Waals surface area contributed by atoms with Crippen molar-refractivity contribution in [2.75, 3.05) is 45.9 Å². The number of nitrogens with zero attached hydrogens (tertiary/aromatic N) is 3. The fourth-order valence-electron chi connectivity index (χ4n) is 4.01. The molecule has 7 heteroatoms. The van der Waals surface area contributed by atoms with Crippen LogP contribution < -0.4 is 10.6 Å². The fraction of sp³-hybridized carbons (Fsp3) is 0.696. The number of morpholine rings is 1. The van der Waals surface area contributed by atoms with Crippen LogP contribution in [0.15, 0.2) is 29.3 Å². The Labute approximate surface area is 199 Å². The van der Waals surface area contributed by atoms with Gasteiger partial charge in [0.2, 0.25) is 0 Å². The standard InChI is InChI=1S/C23H39N5O.HI/c1-4-24-23(26-22-9-11-28(12-10-22)19(2)3)25-17-20-5-7-21(8-6-20)18-27-13-15-29-16-14-27;/h5-8,19,22H,4,9-18H2,1-3H3,(H2,24,25,26);1H. The Balaban J connectivity index is 0.00000320. The highest BCUT2D eigenvalue weighted by atomic mass is 127. The molecule has 0 amide bonds. The lowest BCUT2D eigenvalue weighted by Gasteiger charge is -2.35. The van der Waals surface area contributed by atoms with Crippen molar-refractivity contribution < 1.29 is 4.74 Å². The van der Waals surface area contributed by atoms with E-state index in [0.717, 1.165) is 45.4 Å². The van der Waals surface area contributed by atoms with Gasteiger partial charge in [0, 0.05) is 51.4 Å². The molecule has 0 spiro atoms. The number of guanidine groups is 1. The van der Waals surface area contributed by atoms with Crippen molar-refractivity contribution in [1.29, 1.82) is 0 Å². The van der Waals surface area contributed by atoms with Gasteiger partial charge in [0.15, 0.2) is 5.96 Å². The van der Waals surface area contributed by atoms with Crippen molar-refractivity contribution in [3.05, 3.63) is 35.4 Å². The van der Waals surface area contributed by atoms with E-state index < -0.39 is 0 Å². The molecule has 2 heterocycles. The number of nitrogens with one attached hydrogen (secondary N) is 2. The zero-order valence-corrected chi connectivity index (χ0v) is 21.2. The highest BCUT2D eigenvalue weighted by Gasteiger charge is 2.21. The molecule has 170 valence electrons. The molecule has 2 fully saturated rings. The molecule has 1 aromatic carbocycles. The van der Waals surface area contributed by atoms with Crippen LogP contribution in [0.2, 0.25) is 0 Å². The summed E-state index contributed by atoms with van der Waals surface area (Å²) < 4.78 is 5.43. The van der Waals surface area contributed by atoms with Gasteiger partial charge in [-0.05, 0) is 44.7 Å². The molecular formula is C23H40IN5O. The Kier molecular flexibility index (Phi) is 11.4. The van der Waals surface area contributed by atoms with Crippen LogP contribution in [0, 0.1) is 0 Å². The molecule has 0 unspecified atom stereocenters. The molecule has 1 aromatic rings. The SMILES string of the molecule is CCNC(=NCc1ccc(CN2CCOCC2)cc1)NC1CCN(C(C)C)CC1.I. The minimum atomic E-state index is 0. The first-order valence-electron chi connectivity index (χ1n) is 11.3. The van der Waals surface area contributed by atoms with E-state index >= 15 is 0 Å². The molecule has 0 bridgehead atoms. The van der Waals surface area contributed by atoms with E-state index in [4.69, 9.17) is 9.73 Å². The van der Waals surface area contributed by atoms with Crippen LogP contribution in [0.5, 0.6) is 0 Å². The molecule has 2 saturated heterocycles. The normalized spacial score (nSPS) is 19.5. The molecule has 0 atom stereocenters. The Bertz CT molecular complexity index is 623. The molecule has 6 nitrogen and oxygen atoms in total. The smallest absolute Gasteiger partial charge is 0.191 e. The molecular weight excluding hydrogens is 489 g/mol. The van der Waals surface area contributed by atoms with Crippen molar-refractivity contribution in [1.82, 2.24) is 20.4 Å². The van der Waals surface area contributed by atoms with E-state index in [0.29, 0.717) is 18.6 Å². The second-order valence-corrected chi connectivity index (χ2v) is 8.45. The molecule has 0 aliphatic carbocycles. The van der Waals surface area contributed by atoms with Crippen LogP contribution in [-0.4, -0.2) is 73.8 Å². The zero-order chi connectivity index (χ0) is 20.5. The summed E-state index contributed by atoms with van der Waals surface area (Å²) in [5.41, 5.74) is 2.61. The number of hydrogen-bond acceptors (Lipinski definition) is 4. The summed E-state index contributed by atoms with van der Waals surface area (Å²) in [6.07, 6.45) is 2.36. The molecule has 0 saturated carbocycles. The predicted molar refractivity (Wildman–Crippen MR) is 136 cm³/mol. The maximum absolute atomic E-state index is 5.43. The van der Waals surface area contributed by atoms with Gasteiger partial charge in [-0.2, -0.15) is 0 Å². The van der Waals surface area contributed by atoms with Gasteiger partial charge in [-0.25, -0.2) is 4.99 Å². The van der Waals surface area contributed by atoms with Crippen LogP contribution in [0.4, 0.5) is 0 Å². The maximum atomic E-state index is 5.43. The first kappa shape index (κ1) is 25.4. The predicted octanol–water partition coefficient (Wildman–Crippen LogP) is 3.06. The lowest BCUT2D eigenvalue weighted by Crippen LogP contribution is -2.49. The lowest BCUT2D eigenvalue weighted by molar-refractivity contribution is 0.0342. The van der Waals surface area contributed by atoms with Crippen molar-refractivity contribution in [2.24, 2.45) is 4.99 Å². The maximum Gasteiger partial charge on any atom is 0.191 e. The molecule has 0 aromatic heterocycles. The lowest BCUT2D eigenvalue weighted by atomic mass is 10.0. The van der Waals surface area contributed by atoms with Crippen LogP contribution in [-0.2, 0) is 17.8 Å². The molecule has 0 radical (unpaired) electrons. The summed E-state index contributed by atoms with van der Waals surface area (Å²) in [7, 11) is 0. The number of ether oxygens (including phenoxy) is 1. The van der Waals surface area contributed by atoms with E-state index in [-0.39, 0.29) is 24.0 Å². The van der Waals surface area contributed by atoms with Gasteiger partial charge in [0.05, 0.1) is 19.8 Å². The van der Waals surface area contributed by atoms with Crippen molar-refractivity contribution in [2.45, 2.75) is 58.8 Å². The minimum absolute atomic E-state index is 0. The Morgan fingerprint density at radius 1 is 1.07 bits per heavy atom. The second-order valence-electron chi connectivity index (χ2n) is 8.45. The highest BCUT2D eigenvalue weighted by Crippen LogP contribution is 2.13. The average molecular weight is 530 g/mol. The number of piperidine rings is 1. The summed E-state index contributed by atoms with van der Waals surface area (Å²) >= 11 is 0. The Morgan fingerprint density at radius 3 is 2.30 bits per heavy atom. The summed E-state index contributed by atoms with van der Waals surface area (Å²) in [4.78, 5) is 9.84. The van der Waals surface area contributed by atoms with Crippen molar-refractivity contribution in [3.63, 3.8) is 0 Å².